The maximum atomic E-state index is 12.6. The van der Waals surface area contributed by atoms with E-state index in [9.17, 15) is 14.4 Å². The van der Waals surface area contributed by atoms with Crippen LogP contribution >= 0.6 is 11.6 Å². The standard InChI is InChI=1S/C23H19ClN2O7/c1-2-30-22(28)19-15(25-23(29)26-20(19)17-8-5-11-31-17)12-32-21(27)18-10-9-16(33-18)13-6-3-4-7-14(13)24/h3-11,20H,2,12H2,1H3,(H2,25,26,29). The van der Waals surface area contributed by atoms with Gasteiger partial charge in [-0.15, -0.1) is 0 Å². The quantitative estimate of drug-likeness (QED) is 0.496. The van der Waals surface area contributed by atoms with Gasteiger partial charge in [0.25, 0.3) is 0 Å². The molecular weight excluding hydrogens is 452 g/mol. The Morgan fingerprint density at radius 2 is 1.88 bits per heavy atom. The van der Waals surface area contributed by atoms with Gasteiger partial charge in [0.1, 0.15) is 24.2 Å². The number of hydrogen-bond acceptors (Lipinski definition) is 7. The van der Waals surface area contributed by atoms with Crippen molar-refractivity contribution in [1.29, 1.82) is 0 Å². The molecule has 3 heterocycles. The minimum absolute atomic E-state index is 0.0638. The normalized spacial score (nSPS) is 15.6. The van der Waals surface area contributed by atoms with Gasteiger partial charge in [-0.25, -0.2) is 14.4 Å². The predicted octanol–water partition coefficient (Wildman–Crippen LogP) is 4.22. The number of hydrogen-bond donors (Lipinski definition) is 2. The van der Waals surface area contributed by atoms with Crippen LogP contribution in [0.4, 0.5) is 4.79 Å². The summed E-state index contributed by atoms with van der Waals surface area (Å²) in [6.07, 6.45) is 1.42. The highest BCUT2D eigenvalue weighted by Crippen LogP contribution is 2.30. The molecule has 33 heavy (non-hydrogen) atoms. The van der Waals surface area contributed by atoms with Crippen LogP contribution in [0.3, 0.4) is 0 Å². The SMILES string of the molecule is CCOC(=O)C1=C(COC(=O)c2ccc(-c3ccccc3Cl)o2)NC(=O)NC1c1ccco1. The second-order valence-electron chi connectivity index (χ2n) is 6.88. The van der Waals surface area contributed by atoms with E-state index >= 15 is 0 Å². The molecule has 0 spiro atoms. The number of halogens is 1. The molecule has 0 bridgehead atoms. The summed E-state index contributed by atoms with van der Waals surface area (Å²) in [6.45, 7) is 1.37. The number of amides is 2. The number of carbonyl (C=O) groups is 3. The van der Waals surface area contributed by atoms with Gasteiger partial charge in [0.15, 0.2) is 0 Å². The summed E-state index contributed by atoms with van der Waals surface area (Å²) in [5.74, 6) is -0.812. The van der Waals surface area contributed by atoms with Gasteiger partial charge in [-0.1, -0.05) is 23.7 Å². The monoisotopic (exact) mass is 470 g/mol. The number of rotatable bonds is 7. The fourth-order valence-corrected chi connectivity index (χ4v) is 3.54. The lowest BCUT2D eigenvalue weighted by atomic mass is 10.0. The molecule has 0 radical (unpaired) electrons. The average molecular weight is 471 g/mol. The Balaban J connectivity index is 1.56. The third-order valence-corrected chi connectivity index (χ3v) is 5.10. The minimum atomic E-state index is -0.906. The van der Waals surface area contributed by atoms with E-state index in [2.05, 4.69) is 10.6 Å². The summed E-state index contributed by atoms with van der Waals surface area (Å²) < 4.78 is 21.4. The second-order valence-corrected chi connectivity index (χ2v) is 7.29. The minimum Gasteiger partial charge on any atom is -0.467 e. The number of esters is 2. The van der Waals surface area contributed by atoms with Crippen LogP contribution in [0.25, 0.3) is 11.3 Å². The lowest BCUT2D eigenvalue weighted by Gasteiger charge is -2.27. The first-order chi connectivity index (χ1) is 16.0. The summed E-state index contributed by atoms with van der Waals surface area (Å²) in [7, 11) is 0. The molecule has 4 rings (SSSR count). The Hall–Kier alpha value is -3.98. The third-order valence-electron chi connectivity index (χ3n) is 4.77. The predicted molar refractivity (Wildman–Crippen MR) is 116 cm³/mol. The van der Waals surface area contributed by atoms with Crippen LogP contribution in [0.2, 0.25) is 5.02 Å². The molecule has 9 nitrogen and oxygen atoms in total. The van der Waals surface area contributed by atoms with Gasteiger partial charge in [0.05, 0.1) is 29.2 Å². The molecular formula is C23H19ClN2O7. The molecule has 1 aromatic carbocycles. The topological polar surface area (TPSA) is 120 Å². The fourth-order valence-electron chi connectivity index (χ4n) is 3.31. The number of urea groups is 1. The molecule has 0 fully saturated rings. The van der Waals surface area contributed by atoms with Crippen molar-refractivity contribution in [3.05, 3.63) is 82.6 Å². The molecule has 0 saturated heterocycles. The van der Waals surface area contributed by atoms with E-state index in [-0.39, 0.29) is 23.6 Å². The van der Waals surface area contributed by atoms with Gasteiger partial charge in [-0.3, -0.25) is 0 Å². The van der Waals surface area contributed by atoms with Crippen molar-refractivity contribution in [2.75, 3.05) is 13.2 Å². The van der Waals surface area contributed by atoms with E-state index in [4.69, 9.17) is 29.9 Å². The summed E-state index contributed by atoms with van der Waals surface area (Å²) in [5.41, 5.74) is 0.762. The first-order valence-electron chi connectivity index (χ1n) is 10.0. The molecule has 2 aromatic heterocycles. The van der Waals surface area contributed by atoms with Crippen molar-refractivity contribution in [3.63, 3.8) is 0 Å². The molecule has 1 unspecified atom stereocenters. The Labute approximate surface area is 193 Å². The first kappa shape index (κ1) is 22.2. The van der Waals surface area contributed by atoms with Gasteiger partial charge < -0.3 is 28.9 Å². The second kappa shape index (κ2) is 9.66. The molecule has 1 aliphatic heterocycles. The van der Waals surface area contributed by atoms with Crippen LogP contribution in [0, 0.1) is 0 Å². The highest BCUT2D eigenvalue weighted by atomic mass is 35.5. The first-order valence-corrected chi connectivity index (χ1v) is 10.4. The van der Waals surface area contributed by atoms with E-state index in [1.807, 2.05) is 0 Å². The van der Waals surface area contributed by atoms with Crippen molar-refractivity contribution < 1.29 is 32.7 Å². The molecule has 0 saturated carbocycles. The van der Waals surface area contributed by atoms with Crippen LogP contribution in [-0.4, -0.2) is 31.2 Å². The number of nitrogens with one attached hydrogen (secondary N) is 2. The van der Waals surface area contributed by atoms with E-state index in [1.165, 1.54) is 12.3 Å². The van der Waals surface area contributed by atoms with Crippen LogP contribution in [0.5, 0.6) is 0 Å². The van der Waals surface area contributed by atoms with Crippen LogP contribution in [0.1, 0.15) is 29.3 Å². The van der Waals surface area contributed by atoms with E-state index in [1.54, 1.807) is 49.4 Å². The van der Waals surface area contributed by atoms with Crippen molar-refractivity contribution in [2.45, 2.75) is 13.0 Å². The lowest BCUT2D eigenvalue weighted by molar-refractivity contribution is -0.139. The Morgan fingerprint density at radius 1 is 1.06 bits per heavy atom. The van der Waals surface area contributed by atoms with Crippen molar-refractivity contribution in [2.24, 2.45) is 0 Å². The highest BCUT2D eigenvalue weighted by Gasteiger charge is 2.35. The zero-order chi connectivity index (χ0) is 23.4. The number of furan rings is 2. The highest BCUT2D eigenvalue weighted by molar-refractivity contribution is 6.33. The van der Waals surface area contributed by atoms with Crippen molar-refractivity contribution in [3.8, 4) is 11.3 Å². The smallest absolute Gasteiger partial charge is 0.374 e. The molecule has 2 N–H and O–H groups in total. The van der Waals surface area contributed by atoms with Gasteiger partial charge >= 0.3 is 18.0 Å². The Bertz CT molecular complexity index is 1210. The van der Waals surface area contributed by atoms with Gasteiger partial charge in [-0.05, 0) is 43.3 Å². The zero-order valence-electron chi connectivity index (χ0n) is 17.4. The third kappa shape index (κ3) is 4.78. The summed E-state index contributed by atoms with van der Waals surface area (Å²) in [6, 6.07) is 11.8. The van der Waals surface area contributed by atoms with E-state index < -0.39 is 30.6 Å². The number of carbonyl (C=O) groups excluding carboxylic acids is 3. The number of benzene rings is 1. The lowest BCUT2D eigenvalue weighted by Crippen LogP contribution is -2.47. The van der Waals surface area contributed by atoms with Gasteiger partial charge in [0.2, 0.25) is 5.76 Å². The molecule has 1 atom stereocenters. The maximum Gasteiger partial charge on any atom is 0.374 e. The molecule has 0 aliphatic carbocycles. The van der Waals surface area contributed by atoms with E-state index in [0.29, 0.717) is 22.1 Å². The van der Waals surface area contributed by atoms with Gasteiger partial charge in [0, 0.05) is 5.56 Å². The Kier molecular flexibility index (Phi) is 6.50. The molecule has 3 aromatic rings. The summed E-state index contributed by atoms with van der Waals surface area (Å²) in [5, 5.41) is 5.58. The zero-order valence-corrected chi connectivity index (χ0v) is 18.2. The van der Waals surface area contributed by atoms with E-state index in [0.717, 1.165) is 0 Å². The van der Waals surface area contributed by atoms with Crippen LogP contribution < -0.4 is 10.6 Å². The van der Waals surface area contributed by atoms with Gasteiger partial charge in [-0.2, -0.15) is 0 Å². The molecule has 170 valence electrons. The maximum absolute atomic E-state index is 12.6. The largest absolute Gasteiger partial charge is 0.467 e. The molecule has 1 aliphatic rings. The van der Waals surface area contributed by atoms with Crippen molar-refractivity contribution >= 4 is 29.6 Å². The fraction of sp³-hybridized carbons (Fsp3) is 0.174. The summed E-state index contributed by atoms with van der Waals surface area (Å²) >= 11 is 6.17. The van der Waals surface area contributed by atoms with Crippen molar-refractivity contribution in [1.82, 2.24) is 10.6 Å². The molecule has 2 amide bonds. The van der Waals surface area contributed by atoms with Crippen LogP contribution in [0.15, 0.2) is 74.9 Å². The average Bonchev–Trinajstić information content (AvgIpc) is 3.50. The summed E-state index contributed by atoms with van der Waals surface area (Å²) in [4.78, 5) is 37.4. The Morgan fingerprint density at radius 3 is 2.61 bits per heavy atom. The van der Waals surface area contributed by atoms with Crippen LogP contribution in [-0.2, 0) is 14.3 Å². The molecule has 10 heteroatoms. The number of ether oxygens (including phenoxy) is 2.